The van der Waals surface area contributed by atoms with Crippen molar-refractivity contribution in [2.24, 2.45) is 17.1 Å². The molecule has 1 saturated heterocycles. The average molecular weight is 720 g/mol. The fourth-order valence-electron chi connectivity index (χ4n) is 6.97. The summed E-state index contributed by atoms with van der Waals surface area (Å²) < 4.78 is 5.58. The molecule has 286 valence electrons. The molecule has 1 heterocycles. The molecule has 2 aliphatic rings. The highest BCUT2D eigenvalue weighted by Crippen LogP contribution is 2.51. The maximum atomic E-state index is 13.9. The summed E-state index contributed by atoms with van der Waals surface area (Å²) in [6, 6.07) is 33.7. The number of benzene rings is 4. The van der Waals surface area contributed by atoms with Gasteiger partial charge in [-0.2, -0.15) is 0 Å². The molecule has 6 nitrogen and oxygen atoms in total. The van der Waals surface area contributed by atoms with Gasteiger partial charge in [0.25, 0.3) is 0 Å². The van der Waals surface area contributed by atoms with Gasteiger partial charge in [0.1, 0.15) is 17.8 Å². The van der Waals surface area contributed by atoms with Crippen molar-refractivity contribution < 1.29 is 14.3 Å². The van der Waals surface area contributed by atoms with E-state index in [1.54, 1.807) is 12.1 Å². The number of nitrogens with two attached hydrogens (primary N) is 1. The normalized spacial score (nSPS) is 15.2. The highest BCUT2D eigenvalue weighted by Gasteiger charge is 2.48. The Morgan fingerprint density at radius 3 is 1.92 bits per heavy atom. The third kappa shape index (κ3) is 12.0. The molecule has 6 heteroatoms. The van der Waals surface area contributed by atoms with Crippen LogP contribution in [0.3, 0.4) is 0 Å². The summed E-state index contributed by atoms with van der Waals surface area (Å²) >= 11 is 0. The molecule has 1 unspecified atom stereocenters. The van der Waals surface area contributed by atoms with Gasteiger partial charge in [-0.15, -0.1) is 0 Å². The van der Waals surface area contributed by atoms with E-state index in [1.165, 1.54) is 48.2 Å². The molecule has 1 atom stereocenters. The topological polar surface area (TPSA) is 84.7 Å². The minimum absolute atomic E-state index is 0.0565. The second-order valence-electron chi connectivity index (χ2n) is 15.2. The molecular weight excluding hydrogens is 655 g/mol. The minimum Gasteiger partial charge on any atom is -0.489 e. The first-order valence-electron chi connectivity index (χ1n) is 19.8. The van der Waals surface area contributed by atoms with Gasteiger partial charge in [0.15, 0.2) is 0 Å². The first kappa shape index (κ1) is 43.0. The Bertz CT molecular complexity index is 1650. The van der Waals surface area contributed by atoms with Crippen LogP contribution in [0.25, 0.3) is 11.1 Å². The van der Waals surface area contributed by atoms with Gasteiger partial charge in [0.2, 0.25) is 11.8 Å². The van der Waals surface area contributed by atoms with E-state index in [1.807, 2.05) is 56.3 Å². The molecule has 53 heavy (non-hydrogen) atoms. The number of amides is 2. The number of nitrogens with zero attached hydrogens (tertiary/aromatic N) is 1. The van der Waals surface area contributed by atoms with Gasteiger partial charge in [-0.3, -0.25) is 9.59 Å². The van der Waals surface area contributed by atoms with Gasteiger partial charge in [-0.1, -0.05) is 153 Å². The number of ether oxygens (including phenoxy) is 1. The SMILES string of the molecule is CC.CC1CCN(CCCCC2(C(=O)NCC(C)(C)C)c3ccccc3-c3ccccc32)C1.CCC.NC(=O)c1ccccc1COc1ccccc1. The maximum Gasteiger partial charge on any atom is 0.249 e. The van der Waals surface area contributed by atoms with Crippen LogP contribution in [0.4, 0.5) is 0 Å². The zero-order valence-electron chi connectivity index (χ0n) is 33.7. The summed E-state index contributed by atoms with van der Waals surface area (Å²) in [5.41, 5.74) is 10.9. The highest BCUT2D eigenvalue weighted by molar-refractivity contribution is 6.00. The maximum absolute atomic E-state index is 13.9. The van der Waals surface area contributed by atoms with E-state index in [9.17, 15) is 9.59 Å². The highest BCUT2D eigenvalue weighted by atomic mass is 16.5. The second kappa shape index (κ2) is 21.3. The van der Waals surface area contributed by atoms with E-state index in [2.05, 4.69) is 100 Å². The smallest absolute Gasteiger partial charge is 0.249 e. The average Bonchev–Trinajstić information content (AvgIpc) is 3.72. The predicted molar refractivity (Wildman–Crippen MR) is 222 cm³/mol. The van der Waals surface area contributed by atoms with Crippen LogP contribution < -0.4 is 15.8 Å². The van der Waals surface area contributed by atoms with Crippen molar-refractivity contribution in [1.82, 2.24) is 10.2 Å². The van der Waals surface area contributed by atoms with Crippen LogP contribution >= 0.6 is 0 Å². The summed E-state index contributed by atoms with van der Waals surface area (Å²) in [5.74, 6) is 1.32. The summed E-state index contributed by atoms with van der Waals surface area (Å²) in [6.07, 6.45) is 5.63. The van der Waals surface area contributed by atoms with Crippen LogP contribution in [0.1, 0.15) is 115 Å². The quantitative estimate of drug-likeness (QED) is 0.151. The van der Waals surface area contributed by atoms with Crippen molar-refractivity contribution in [2.45, 2.75) is 99.5 Å². The van der Waals surface area contributed by atoms with Gasteiger partial charge in [-0.05, 0) is 84.1 Å². The lowest BCUT2D eigenvalue weighted by Crippen LogP contribution is -2.46. The number of carbonyl (C=O) groups excluding carboxylic acids is 2. The Morgan fingerprint density at radius 1 is 0.830 bits per heavy atom. The molecule has 4 aromatic rings. The first-order chi connectivity index (χ1) is 25.5. The molecule has 1 aliphatic heterocycles. The van der Waals surface area contributed by atoms with E-state index >= 15 is 0 Å². The number of nitrogens with one attached hydrogen (secondary N) is 1. The van der Waals surface area contributed by atoms with Crippen LogP contribution in [-0.2, 0) is 16.8 Å². The van der Waals surface area contributed by atoms with Crippen molar-refractivity contribution in [3.8, 4) is 16.9 Å². The predicted octanol–water partition coefficient (Wildman–Crippen LogP) is 10.4. The second-order valence-corrected chi connectivity index (χ2v) is 15.2. The van der Waals surface area contributed by atoms with Crippen molar-refractivity contribution in [3.63, 3.8) is 0 Å². The van der Waals surface area contributed by atoms with E-state index in [0.717, 1.165) is 43.0 Å². The van der Waals surface area contributed by atoms with Gasteiger partial charge in [-0.25, -0.2) is 0 Å². The fraction of sp³-hybridized carbons (Fsp3) is 0.447. The third-order valence-corrected chi connectivity index (χ3v) is 9.44. The number of hydrogen-bond acceptors (Lipinski definition) is 4. The van der Waals surface area contributed by atoms with Crippen molar-refractivity contribution in [2.75, 3.05) is 26.2 Å². The number of primary amides is 1. The Balaban J connectivity index is 0.000000289. The van der Waals surface area contributed by atoms with E-state index in [-0.39, 0.29) is 11.3 Å². The molecule has 2 amide bonds. The number of unbranched alkanes of at least 4 members (excludes halogenated alkanes) is 1. The van der Waals surface area contributed by atoms with Gasteiger partial charge in [0.05, 0.1) is 0 Å². The molecular formula is C47H65N3O3. The summed E-state index contributed by atoms with van der Waals surface area (Å²) in [4.78, 5) is 27.7. The fourth-order valence-corrected chi connectivity index (χ4v) is 6.97. The first-order valence-corrected chi connectivity index (χ1v) is 19.8. The third-order valence-electron chi connectivity index (χ3n) is 9.44. The Kier molecular flexibility index (Phi) is 17.3. The number of likely N-dealkylation sites (tertiary alicyclic amines) is 1. The molecule has 0 spiro atoms. The van der Waals surface area contributed by atoms with E-state index < -0.39 is 11.3 Å². The molecule has 4 aromatic carbocycles. The largest absolute Gasteiger partial charge is 0.489 e. The molecule has 0 aromatic heterocycles. The molecule has 0 bridgehead atoms. The molecule has 0 saturated carbocycles. The lowest BCUT2D eigenvalue weighted by Gasteiger charge is -2.32. The van der Waals surface area contributed by atoms with Crippen molar-refractivity contribution in [3.05, 3.63) is 125 Å². The molecule has 0 radical (unpaired) electrons. The van der Waals surface area contributed by atoms with E-state index in [0.29, 0.717) is 18.7 Å². The van der Waals surface area contributed by atoms with Crippen LogP contribution in [0.2, 0.25) is 0 Å². The van der Waals surface area contributed by atoms with Gasteiger partial charge < -0.3 is 20.7 Å². The number of hydrogen-bond donors (Lipinski definition) is 2. The van der Waals surface area contributed by atoms with Crippen LogP contribution in [-0.4, -0.2) is 42.9 Å². The standard InChI is InChI=1S/C28H38N2O.C14H13NO2.C3H8.C2H6/c1-21-15-18-30(19-21)17-10-9-16-28(26(31)29-20-27(2,3)4)24-13-7-5-11-22(24)23-12-6-8-14-25(23)28;15-14(16)13-9-5-4-6-11(13)10-17-12-7-2-1-3-8-12;1-3-2;1-2/h5-8,11-14,21H,9-10,15-20H2,1-4H3,(H,29,31);1-9H,10H2,(H2,15,16);3H2,1-2H3;1-2H3. The zero-order chi connectivity index (χ0) is 38.9. The van der Waals surface area contributed by atoms with Crippen LogP contribution in [0.5, 0.6) is 5.75 Å². The lowest BCUT2D eigenvalue weighted by atomic mass is 9.73. The van der Waals surface area contributed by atoms with Gasteiger partial charge >= 0.3 is 0 Å². The Morgan fingerprint density at radius 2 is 1.38 bits per heavy atom. The number of para-hydroxylation sites is 1. The van der Waals surface area contributed by atoms with E-state index in [4.69, 9.17) is 10.5 Å². The number of carbonyl (C=O) groups is 2. The molecule has 6 rings (SSSR count). The molecule has 1 aliphatic carbocycles. The number of rotatable bonds is 11. The number of fused-ring (bicyclic) bond motifs is 3. The summed E-state index contributed by atoms with van der Waals surface area (Å²) in [6.45, 7) is 21.7. The molecule has 1 fully saturated rings. The molecule has 3 N–H and O–H groups in total. The monoisotopic (exact) mass is 720 g/mol. The zero-order valence-corrected chi connectivity index (χ0v) is 33.7. The Hall–Kier alpha value is -4.42. The van der Waals surface area contributed by atoms with Crippen molar-refractivity contribution in [1.29, 1.82) is 0 Å². The van der Waals surface area contributed by atoms with Crippen LogP contribution in [0, 0.1) is 11.3 Å². The summed E-state index contributed by atoms with van der Waals surface area (Å²) in [5, 5.41) is 3.33. The van der Waals surface area contributed by atoms with Crippen LogP contribution in [0.15, 0.2) is 103 Å². The summed E-state index contributed by atoms with van der Waals surface area (Å²) in [7, 11) is 0. The van der Waals surface area contributed by atoms with Crippen molar-refractivity contribution >= 4 is 11.8 Å². The Labute approximate surface area is 320 Å². The van der Waals surface area contributed by atoms with Gasteiger partial charge in [0, 0.05) is 24.2 Å². The minimum atomic E-state index is -0.587. The lowest BCUT2D eigenvalue weighted by molar-refractivity contribution is -0.126.